The summed E-state index contributed by atoms with van der Waals surface area (Å²) in [6, 6.07) is 22.8. The van der Waals surface area contributed by atoms with E-state index in [0.29, 0.717) is 28.1 Å². The van der Waals surface area contributed by atoms with Gasteiger partial charge in [-0.25, -0.2) is 0 Å². The number of hydrogen-bond acceptors (Lipinski definition) is 4. The highest BCUT2D eigenvalue weighted by Crippen LogP contribution is 2.19. The largest absolute Gasteiger partial charge is 0.376 e. The monoisotopic (exact) mass is 372 g/mol. The number of ketones is 2. The van der Waals surface area contributed by atoms with Crippen LogP contribution in [0.1, 0.15) is 33.2 Å². The lowest BCUT2D eigenvalue weighted by molar-refractivity contribution is -0.114. The highest BCUT2D eigenvalue weighted by molar-refractivity contribution is 6.14. The van der Waals surface area contributed by atoms with Crippen LogP contribution >= 0.6 is 0 Å². The molecule has 2 N–H and O–H groups in total. The smallest absolute Gasteiger partial charge is 0.243 e. The van der Waals surface area contributed by atoms with Crippen molar-refractivity contribution in [3.8, 4) is 0 Å². The molecule has 0 aliphatic carbocycles. The van der Waals surface area contributed by atoms with Crippen molar-refractivity contribution in [2.75, 3.05) is 17.2 Å². The van der Waals surface area contributed by atoms with Crippen LogP contribution in [-0.2, 0) is 4.79 Å². The SMILES string of the molecule is CC(=O)c1cccc(NCC(=O)Nc2ccccc2C(=O)c2ccccc2)c1. The van der Waals surface area contributed by atoms with E-state index < -0.39 is 0 Å². The molecule has 5 nitrogen and oxygen atoms in total. The summed E-state index contributed by atoms with van der Waals surface area (Å²) < 4.78 is 0. The number of nitrogens with one attached hydrogen (secondary N) is 2. The molecule has 0 fully saturated rings. The minimum absolute atomic E-state index is 0.00915. The van der Waals surface area contributed by atoms with Crippen molar-refractivity contribution in [3.63, 3.8) is 0 Å². The summed E-state index contributed by atoms with van der Waals surface area (Å²) in [5, 5.41) is 5.77. The molecule has 0 atom stereocenters. The summed E-state index contributed by atoms with van der Waals surface area (Å²) in [5.74, 6) is -0.485. The van der Waals surface area contributed by atoms with Gasteiger partial charge < -0.3 is 10.6 Å². The topological polar surface area (TPSA) is 75.3 Å². The van der Waals surface area contributed by atoms with E-state index in [-0.39, 0.29) is 24.0 Å². The molecule has 0 saturated carbocycles. The van der Waals surface area contributed by atoms with Crippen LogP contribution in [-0.4, -0.2) is 24.0 Å². The predicted molar refractivity (Wildman–Crippen MR) is 110 cm³/mol. The molecular formula is C23H20N2O3. The van der Waals surface area contributed by atoms with Gasteiger partial charge in [-0.3, -0.25) is 14.4 Å². The maximum Gasteiger partial charge on any atom is 0.243 e. The molecule has 0 aromatic heterocycles. The fourth-order valence-corrected chi connectivity index (χ4v) is 2.76. The Balaban J connectivity index is 1.69. The average Bonchev–Trinajstić information content (AvgIpc) is 2.73. The molecule has 3 aromatic carbocycles. The Bertz CT molecular complexity index is 1010. The van der Waals surface area contributed by atoms with Crippen LogP contribution in [0.5, 0.6) is 0 Å². The summed E-state index contributed by atoms with van der Waals surface area (Å²) >= 11 is 0. The molecular weight excluding hydrogens is 352 g/mol. The normalized spacial score (nSPS) is 10.2. The third kappa shape index (κ3) is 4.71. The number of rotatable bonds is 7. The highest BCUT2D eigenvalue weighted by atomic mass is 16.2. The second-order valence-electron chi connectivity index (χ2n) is 6.28. The summed E-state index contributed by atoms with van der Waals surface area (Å²) in [5.41, 5.74) is 2.70. The lowest BCUT2D eigenvalue weighted by Gasteiger charge is -2.12. The second kappa shape index (κ2) is 8.77. The predicted octanol–water partition coefficient (Wildman–Crippen LogP) is 4.17. The molecule has 1 amide bonds. The minimum Gasteiger partial charge on any atom is -0.376 e. The zero-order valence-electron chi connectivity index (χ0n) is 15.4. The van der Waals surface area contributed by atoms with Crippen LogP contribution in [0.3, 0.4) is 0 Å². The van der Waals surface area contributed by atoms with E-state index in [0.717, 1.165) is 0 Å². The van der Waals surface area contributed by atoms with E-state index in [1.165, 1.54) is 6.92 Å². The molecule has 3 rings (SSSR count). The summed E-state index contributed by atoms with van der Waals surface area (Å²) in [4.78, 5) is 36.6. The quantitative estimate of drug-likeness (QED) is 0.611. The van der Waals surface area contributed by atoms with E-state index in [4.69, 9.17) is 0 Å². The Hall–Kier alpha value is -3.73. The van der Waals surface area contributed by atoms with E-state index in [2.05, 4.69) is 10.6 Å². The Morgan fingerprint density at radius 1 is 0.786 bits per heavy atom. The first-order chi connectivity index (χ1) is 13.5. The Kier molecular flexibility index (Phi) is 5.97. The van der Waals surface area contributed by atoms with Crippen molar-refractivity contribution in [1.29, 1.82) is 0 Å². The standard InChI is InChI=1S/C23H20N2O3/c1-16(26)18-10-7-11-19(14-18)24-15-22(27)25-21-13-6-5-12-20(21)23(28)17-8-3-2-4-9-17/h2-14,24H,15H2,1H3,(H,25,27). The van der Waals surface area contributed by atoms with Gasteiger partial charge >= 0.3 is 0 Å². The van der Waals surface area contributed by atoms with Gasteiger partial charge in [0.05, 0.1) is 12.2 Å². The van der Waals surface area contributed by atoms with Crippen LogP contribution in [0.4, 0.5) is 11.4 Å². The lowest BCUT2D eigenvalue weighted by atomic mass is 10.0. The molecule has 0 unspecified atom stereocenters. The number of hydrogen-bond donors (Lipinski definition) is 2. The number of carbonyl (C=O) groups is 3. The average molecular weight is 372 g/mol. The Morgan fingerprint density at radius 3 is 2.21 bits per heavy atom. The summed E-state index contributed by atoms with van der Waals surface area (Å²) in [6.45, 7) is 1.50. The lowest BCUT2D eigenvalue weighted by Crippen LogP contribution is -2.23. The molecule has 140 valence electrons. The van der Waals surface area contributed by atoms with Gasteiger partial charge in [-0.15, -0.1) is 0 Å². The van der Waals surface area contributed by atoms with Crippen LogP contribution in [0.15, 0.2) is 78.9 Å². The second-order valence-corrected chi connectivity index (χ2v) is 6.28. The van der Waals surface area contributed by atoms with Gasteiger partial charge in [0, 0.05) is 22.4 Å². The third-order valence-corrected chi connectivity index (χ3v) is 4.20. The van der Waals surface area contributed by atoms with Gasteiger partial charge in [0.25, 0.3) is 0 Å². The summed E-state index contributed by atoms with van der Waals surface area (Å²) in [6.07, 6.45) is 0. The van der Waals surface area contributed by atoms with E-state index in [9.17, 15) is 14.4 Å². The number of amides is 1. The van der Waals surface area contributed by atoms with Gasteiger partial charge in [-0.05, 0) is 31.2 Å². The van der Waals surface area contributed by atoms with E-state index in [1.807, 2.05) is 6.07 Å². The first kappa shape index (κ1) is 19.0. The number of Topliss-reactive ketones (excluding diaryl/α,β-unsaturated/α-hetero) is 1. The van der Waals surface area contributed by atoms with Crippen molar-refractivity contribution in [3.05, 3.63) is 95.6 Å². The zero-order chi connectivity index (χ0) is 19.9. The third-order valence-electron chi connectivity index (χ3n) is 4.20. The van der Waals surface area contributed by atoms with Crippen molar-refractivity contribution >= 4 is 28.8 Å². The van der Waals surface area contributed by atoms with E-state index in [1.54, 1.807) is 72.8 Å². The highest BCUT2D eigenvalue weighted by Gasteiger charge is 2.14. The van der Waals surface area contributed by atoms with Gasteiger partial charge in [0.1, 0.15) is 0 Å². The van der Waals surface area contributed by atoms with Gasteiger partial charge in [-0.1, -0.05) is 54.6 Å². The molecule has 0 spiro atoms. The Morgan fingerprint density at radius 2 is 1.46 bits per heavy atom. The van der Waals surface area contributed by atoms with Crippen LogP contribution in [0.25, 0.3) is 0 Å². The molecule has 0 saturated heterocycles. The van der Waals surface area contributed by atoms with Gasteiger partial charge in [0.15, 0.2) is 11.6 Å². The molecule has 5 heteroatoms. The van der Waals surface area contributed by atoms with E-state index >= 15 is 0 Å². The molecule has 0 bridgehead atoms. The van der Waals surface area contributed by atoms with Crippen LogP contribution < -0.4 is 10.6 Å². The zero-order valence-corrected chi connectivity index (χ0v) is 15.4. The fraction of sp³-hybridized carbons (Fsp3) is 0.0870. The van der Waals surface area contributed by atoms with Crippen molar-refractivity contribution in [2.24, 2.45) is 0 Å². The number of benzene rings is 3. The maximum atomic E-state index is 12.7. The van der Waals surface area contributed by atoms with Crippen molar-refractivity contribution in [1.82, 2.24) is 0 Å². The number of carbonyl (C=O) groups excluding carboxylic acids is 3. The number of anilines is 2. The Labute approximate surface area is 163 Å². The first-order valence-electron chi connectivity index (χ1n) is 8.88. The minimum atomic E-state index is -0.290. The molecule has 0 aliphatic heterocycles. The van der Waals surface area contributed by atoms with Gasteiger partial charge in [0.2, 0.25) is 5.91 Å². The maximum absolute atomic E-state index is 12.7. The van der Waals surface area contributed by atoms with Crippen LogP contribution in [0, 0.1) is 0 Å². The van der Waals surface area contributed by atoms with Crippen molar-refractivity contribution < 1.29 is 14.4 Å². The van der Waals surface area contributed by atoms with Gasteiger partial charge in [-0.2, -0.15) is 0 Å². The molecule has 0 heterocycles. The van der Waals surface area contributed by atoms with Crippen LogP contribution in [0.2, 0.25) is 0 Å². The first-order valence-corrected chi connectivity index (χ1v) is 8.88. The molecule has 28 heavy (non-hydrogen) atoms. The number of para-hydroxylation sites is 1. The summed E-state index contributed by atoms with van der Waals surface area (Å²) in [7, 11) is 0. The molecule has 0 radical (unpaired) electrons. The molecule has 0 aliphatic rings. The fourth-order valence-electron chi connectivity index (χ4n) is 2.76. The van der Waals surface area contributed by atoms with Crippen molar-refractivity contribution in [2.45, 2.75) is 6.92 Å². The molecule has 3 aromatic rings.